The third kappa shape index (κ3) is 17.9. The van der Waals surface area contributed by atoms with Crippen LogP contribution in [0.15, 0.2) is 271 Å². The quantitative estimate of drug-likeness (QED) is 0.0214. The van der Waals surface area contributed by atoms with Crippen LogP contribution in [0.1, 0.15) is 81.3 Å². The number of H-pyrrole nitrogens is 3. The van der Waals surface area contributed by atoms with Crippen molar-refractivity contribution >= 4 is 118 Å². The fourth-order valence-electron chi connectivity index (χ4n) is 12.5. The molecule has 0 spiro atoms. The summed E-state index contributed by atoms with van der Waals surface area (Å²) in [7, 11) is -2.98. The van der Waals surface area contributed by atoms with E-state index in [0.29, 0.717) is 52.2 Å². The molecule has 0 fully saturated rings. The van der Waals surface area contributed by atoms with E-state index in [9.17, 15) is 27.6 Å². The molecule has 0 radical (unpaired) electrons. The highest BCUT2D eigenvalue weighted by molar-refractivity contribution is 7.97. The van der Waals surface area contributed by atoms with Gasteiger partial charge in [-0.3, -0.25) is 28.8 Å². The minimum Gasteiger partial charge on any atom is -0.496 e. The van der Waals surface area contributed by atoms with E-state index in [0.717, 1.165) is 75.8 Å². The van der Waals surface area contributed by atoms with Crippen LogP contribution in [0.2, 0.25) is 0 Å². The number of methoxy groups -OCH3 is 1. The number of carbonyl (C=O) groups is 3. The second-order valence-corrected chi connectivity index (χ2v) is 32.0. The number of aromatic amines is 3. The zero-order valence-corrected chi connectivity index (χ0v) is 62.6. The van der Waals surface area contributed by atoms with E-state index in [-0.39, 0.29) is 77.4 Å². The van der Waals surface area contributed by atoms with Gasteiger partial charge in [0.2, 0.25) is 44.4 Å². The van der Waals surface area contributed by atoms with Gasteiger partial charge >= 0.3 is 0 Å². The molecule has 27 heteroatoms. The maximum absolute atomic E-state index is 15.7. The molecule has 1 unspecified atom stereocenters. The number of nitrogens with one attached hydrogen (secondary N) is 6. The van der Waals surface area contributed by atoms with Crippen LogP contribution < -0.4 is 35.6 Å². The SMILES string of the molecule is CCCC[C@H](NSc1ccc2[nH]c(=O)ccc2c1)C(=O)N(Cc1cc(-c2csc(CN(Cc3cc(-c4csc(CN(Cc5ccco5)C(=O)[C@@H](NS(=O)(=O)c5ccc6[nH]c(=O)ccc6c5)c5ccccc5OC)c4)co3)C(=O)C(NSc3ccc4[nH]c(=O)ccc4c3)c3ccccc3)c2)co1)Cc1cccs1. The molecule has 14 rings (SSSR count). The lowest BCUT2D eigenvalue weighted by atomic mass is 10.0. The molecule has 0 aliphatic rings. The van der Waals surface area contributed by atoms with E-state index in [1.165, 1.54) is 107 Å². The Balaban J connectivity index is 0.726. The number of unbranched alkanes of at least 4 members (excludes halogenated alkanes) is 1. The van der Waals surface area contributed by atoms with Crippen molar-refractivity contribution in [2.75, 3.05) is 7.11 Å². The van der Waals surface area contributed by atoms with Crippen molar-refractivity contribution in [1.82, 2.24) is 43.8 Å². The van der Waals surface area contributed by atoms with Crippen molar-refractivity contribution in [2.45, 2.75) is 98.3 Å². The number of para-hydroxylation sites is 1. The van der Waals surface area contributed by atoms with Gasteiger partial charge in [-0.25, -0.2) is 17.9 Å². The van der Waals surface area contributed by atoms with Crippen LogP contribution >= 0.6 is 57.9 Å². The predicted molar refractivity (Wildman–Crippen MR) is 420 cm³/mol. The van der Waals surface area contributed by atoms with Crippen molar-refractivity contribution in [1.29, 1.82) is 0 Å². The van der Waals surface area contributed by atoms with E-state index in [2.05, 4.69) is 36.0 Å². The van der Waals surface area contributed by atoms with Crippen LogP contribution in [0.4, 0.5) is 0 Å². The van der Waals surface area contributed by atoms with Gasteiger partial charge in [0.15, 0.2) is 0 Å². The molecule has 3 atom stereocenters. The Morgan fingerprint density at radius 1 is 0.505 bits per heavy atom. The molecule has 544 valence electrons. The maximum atomic E-state index is 15.7. The van der Waals surface area contributed by atoms with Crippen molar-refractivity contribution in [3.63, 3.8) is 0 Å². The van der Waals surface area contributed by atoms with Crippen molar-refractivity contribution < 1.29 is 40.8 Å². The highest BCUT2D eigenvalue weighted by Crippen LogP contribution is 2.36. The molecule has 0 aliphatic carbocycles. The van der Waals surface area contributed by atoms with Crippen LogP contribution in [0.25, 0.3) is 55.0 Å². The van der Waals surface area contributed by atoms with Gasteiger partial charge in [-0.1, -0.05) is 74.4 Å². The zero-order valence-electron chi connectivity index (χ0n) is 57.7. The summed E-state index contributed by atoms with van der Waals surface area (Å²) in [5, 5.41) is 8.16. The number of ether oxygens (including phenoxy) is 1. The first-order valence-corrected chi connectivity index (χ1v) is 40.0. The number of sulfonamides is 1. The van der Waals surface area contributed by atoms with E-state index < -0.39 is 34.1 Å². The molecule has 107 heavy (non-hydrogen) atoms. The average molecular weight is 1540 g/mol. The second-order valence-electron chi connectivity index (χ2n) is 25.4. The standard InChI is InChI=1S/C80H71N9O12S6/c1-3-4-17-71(84-105-61-22-25-68-51(35-61)19-28-73(90)81-68)78(93)87(43-63-15-11-32-102-63)41-59-33-54(46-100-59)57-38-65(104-49-57)45-89(79(94)76(50-12-6-5-7-13-50)85-106-62-23-26-69-52(36-62)20-29-74(91)82-69)42-60-34-55(47-101-60)56-37-64(103-48-56)44-88(40-58-14-10-31-99-58)80(95)77(67-16-8-9-18-72(67)98-2)86-107(96,97)66-24-27-70-53(39-66)21-30-75(92)83-70/h5-16,18-39,46-49,71,76-77,84-86H,3-4,17,40-45H2,1-2H3,(H,81,90)(H,82,91)(H,83,92)/t71-,76?,77-/m0/s1. The van der Waals surface area contributed by atoms with Gasteiger partial charge in [0.1, 0.15) is 35.1 Å². The Labute approximate surface area is 635 Å². The summed E-state index contributed by atoms with van der Waals surface area (Å²) in [6.45, 7) is 2.92. The van der Waals surface area contributed by atoms with Gasteiger partial charge < -0.3 is 47.6 Å². The number of nitrogens with zero attached hydrogens (tertiary/aromatic N) is 3. The Hall–Kier alpha value is -10.6. The number of thiophene rings is 3. The molecule has 0 saturated heterocycles. The first kappa shape index (κ1) is 73.3. The average Bonchev–Trinajstić information content (AvgIpc) is 1.46. The lowest BCUT2D eigenvalue weighted by Crippen LogP contribution is -2.43. The van der Waals surface area contributed by atoms with Gasteiger partial charge in [0, 0.05) is 75.9 Å². The molecular weight excluding hydrogens is 1470 g/mol. The van der Waals surface area contributed by atoms with Gasteiger partial charge in [-0.15, -0.1) is 34.0 Å². The van der Waals surface area contributed by atoms with Gasteiger partial charge in [0.05, 0.1) is 76.1 Å². The molecule has 0 bridgehead atoms. The minimum absolute atomic E-state index is 0.0248. The molecule has 3 amide bonds. The molecule has 9 aromatic heterocycles. The number of hydrogen-bond donors (Lipinski definition) is 6. The molecule has 21 nitrogen and oxygen atoms in total. The van der Waals surface area contributed by atoms with Crippen molar-refractivity contribution in [3.05, 3.63) is 303 Å². The molecule has 9 heterocycles. The smallest absolute Gasteiger partial charge is 0.248 e. The number of aromatic nitrogens is 3. The zero-order chi connectivity index (χ0) is 74.0. The monoisotopic (exact) mass is 1540 g/mol. The van der Waals surface area contributed by atoms with Crippen LogP contribution in [0.5, 0.6) is 5.75 Å². The maximum Gasteiger partial charge on any atom is 0.248 e. The number of rotatable bonds is 32. The highest BCUT2D eigenvalue weighted by atomic mass is 32.2. The summed E-state index contributed by atoms with van der Waals surface area (Å²) in [5.74, 6) is 0.921. The number of hydrogen-bond acceptors (Lipinski definition) is 19. The van der Waals surface area contributed by atoms with E-state index >= 15 is 9.59 Å². The lowest BCUT2D eigenvalue weighted by molar-refractivity contribution is -0.135. The summed E-state index contributed by atoms with van der Waals surface area (Å²) in [5.41, 5.74) is 5.29. The Morgan fingerprint density at radius 2 is 1.05 bits per heavy atom. The second kappa shape index (κ2) is 33.5. The summed E-state index contributed by atoms with van der Waals surface area (Å²) in [6.07, 6.45) is 7.18. The van der Waals surface area contributed by atoms with Crippen LogP contribution in [0.3, 0.4) is 0 Å². The number of carbonyl (C=O) groups excluding carboxylic acids is 3. The topological polar surface area (TPSA) is 278 Å². The number of furan rings is 3. The summed E-state index contributed by atoms with van der Waals surface area (Å²) in [6, 6.07) is 53.7. The van der Waals surface area contributed by atoms with Gasteiger partial charge in [-0.2, -0.15) is 4.72 Å². The minimum atomic E-state index is -4.42. The highest BCUT2D eigenvalue weighted by Gasteiger charge is 2.35. The molecule has 0 saturated carbocycles. The molecule has 6 N–H and O–H groups in total. The summed E-state index contributed by atoms with van der Waals surface area (Å²) < 4.78 is 62.9. The van der Waals surface area contributed by atoms with Crippen molar-refractivity contribution in [2.24, 2.45) is 0 Å². The Morgan fingerprint density at radius 3 is 1.62 bits per heavy atom. The third-order valence-corrected chi connectivity index (χ3v) is 23.8. The van der Waals surface area contributed by atoms with Crippen LogP contribution in [0, 0.1) is 0 Å². The molecule has 14 aromatic rings. The van der Waals surface area contributed by atoms with Gasteiger partial charge in [-0.05, 0) is 201 Å². The van der Waals surface area contributed by atoms with Crippen LogP contribution in [-0.4, -0.2) is 68.9 Å². The molecule has 0 aliphatic heterocycles. The number of pyridine rings is 3. The fraction of sp³-hybridized carbons (Fsp3) is 0.175. The Kier molecular flexibility index (Phi) is 22.9. The molecule has 5 aromatic carbocycles. The third-order valence-electron chi connectivity index (χ3n) is 18.0. The summed E-state index contributed by atoms with van der Waals surface area (Å²) in [4.78, 5) is 100. The number of benzene rings is 5. The fourth-order valence-corrected chi connectivity index (χ4v) is 17.9. The Bertz CT molecular complexity index is 5770. The lowest BCUT2D eigenvalue weighted by Gasteiger charge is -2.28. The summed E-state index contributed by atoms with van der Waals surface area (Å²) >= 11 is 7.17. The number of fused-ring (bicyclic) bond motifs is 3. The van der Waals surface area contributed by atoms with Crippen molar-refractivity contribution in [3.8, 4) is 28.0 Å². The van der Waals surface area contributed by atoms with E-state index in [1.54, 1.807) is 77.3 Å². The van der Waals surface area contributed by atoms with E-state index in [4.69, 9.17) is 18.0 Å². The van der Waals surface area contributed by atoms with Crippen LogP contribution in [-0.2, 0) is 63.7 Å². The molecular formula is C80H71N9O12S6. The number of amides is 3. The van der Waals surface area contributed by atoms with Gasteiger partial charge in [0.25, 0.3) is 0 Å². The van der Waals surface area contributed by atoms with E-state index in [1.807, 2.05) is 124 Å². The first-order valence-electron chi connectivity index (χ1n) is 34.2. The first-order chi connectivity index (χ1) is 52.0. The largest absolute Gasteiger partial charge is 0.496 e. The normalized spacial score (nSPS) is 12.5. The predicted octanol–water partition coefficient (Wildman–Crippen LogP) is 15.7.